The Morgan fingerprint density at radius 3 is 2.48 bits per heavy atom. The molecule has 1 aromatic heterocycles. The Morgan fingerprint density at radius 2 is 1.84 bits per heavy atom. The number of nitrogens with one attached hydrogen (secondary N) is 1. The molecule has 0 aliphatic heterocycles. The van der Waals surface area contributed by atoms with Gasteiger partial charge in [0.1, 0.15) is 5.82 Å². The minimum absolute atomic E-state index is 0.846. The lowest BCUT2D eigenvalue weighted by atomic mass is 10.1. The maximum atomic E-state index is 4.47. The van der Waals surface area contributed by atoms with E-state index in [4.69, 9.17) is 0 Å². The normalized spacial score (nSPS) is 11.6. The van der Waals surface area contributed by atoms with Gasteiger partial charge in [-0.05, 0) is 43.7 Å². The van der Waals surface area contributed by atoms with Gasteiger partial charge in [-0.15, -0.1) is 0 Å². The Labute approximate surface area is 150 Å². The summed E-state index contributed by atoms with van der Waals surface area (Å²) < 4.78 is 2.07. The topological polar surface area (TPSA) is 29.9 Å². The summed E-state index contributed by atoms with van der Waals surface area (Å²) in [5.41, 5.74) is 5.04. The summed E-state index contributed by atoms with van der Waals surface area (Å²) in [6.45, 7) is 11.8. The van der Waals surface area contributed by atoms with Crippen molar-refractivity contribution >= 4 is 11.8 Å². The smallest absolute Gasteiger partial charge is 0.132 e. The van der Waals surface area contributed by atoms with Gasteiger partial charge in [-0.25, -0.2) is 4.98 Å². The SMILES string of the molecule is C=C(C)/C=C\c1ncc(-c2ccc(NC(=C)/C=C\C=C/C)cc2)n1C. The van der Waals surface area contributed by atoms with Crippen LogP contribution in [0.5, 0.6) is 0 Å². The monoisotopic (exact) mass is 331 g/mol. The third-order valence-corrected chi connectivity index (χ3v) is 3.63. The molecular formula is C22H25N3. The van der Waals surface area contributed by atoms with Gasteiger partial charge in [0.15, 0.2) is 0 Å². The number of hydrogen-bond acceptors (Lipinski definition) is 2. The lowest BCUT2D eigenvalue weighted by Gasteiger charge is -2.08. The number of nitrogens with zero attached hydrogens (tertiary/aromatic N) is 2. The molecule has 0 spiro atoms. The highest BCUT2D eigenvalue weighted by atomic mass is 15.1. The predicted octanol–water partition coefficient (Wildman–Crippen LogP) is 5.73. The molecule has 0 aliphatic carbocycles. The van der Waals surface area contributed by atoms with Crippen molar-refractivity contribution in [1.29, 1.82) is 0 Å². The largest absolute Gasteiger partial charge is 0.356 e. The fraction of sp³-hybridized carbons (Fsp3) is 0.136. The van der Waals surface area contributed by atoms with Crippen LogP contribution in [0.4, 0.5) is 5.69 Å². The molecular weight excluding hydrogens is 306 g/mol. The number of rotatable bonds is 7. The predicted molar refractivity (Wildman–Crippen MR) is 109 cm³/mol. The van der Waals surface area contributed by atoms with Gasteiger partial charge in [-0.2, -0.15) is 0 Å². The second-order valence-corrected chi connectivity index (χ2v) is 5.85. The third-order valence-electron chi connectivity index (χ3n) is 3.63. The molecule has 0 atom stereocenters. The molecule has 2 aromatic rings. The summed E-state index contributed by atoms with van der Waals surface area (Å²) in [4.78, 5) is 4.47. The maximum absolute atomic E-state index is 4.47. The van der Waals surface area contributed by atoms with Gasteiger partial charge in [0.25, 0.3) is 0 Å². The second-order valence-electron chi connectivity index (χ2n) is 5.85. The van der Waals surface area contributed by atoms with E-state index in [0.717, 1.165) is 34.0 Å². The fourth-order valence-corrected chi connectivity index (χ4v) is 2.30. The highest BCUT2D eigenvalue weighted by molar-refractivity contribution is 5.65. The quantitative estimate of drug-likeness (QED) is 0.656. The molecule has 0 amide bonds. The molecule has 0 bridgehead atoms. The molecule has 0 unspecified atom stereocenters. The molecule has 0 saturated carbocycles. The van der Waals surface area contributed by atoms with Crippen LogP contribution < -0.4 is 5.32 Å². The number of imidazole rings is 1. The molecule has 1 heterocycles. The van der Waals surface area contributed by atoms with Crippen LogP contribution in [-0.2, 0) is 7.05 Å². The molecule has 0 radical (unpaired) electrons. The van der Waals surface area contributed by atoms with Crippen molar-refractivity contribution < 1.29 is 0 Å². The Bertz CT molecular complexity index is 831. The van der Waals surface area contributed by atoms with E-state index < -0.39 is 0 Å². The van der Waals surface area contributed by atoms with E-state index in [1.165, 1.54) is 0 Å². The minimum Gasteiger partial charge on any atom is -0.356 e. The number of benzene rings is 1. The Hall–Kier alpha value is -3.07. The zero-order valence-electron chi connectivity index (χ0n) is 15.2. The van der Waals surface area contributed by atoms with Gasteiger partial charge in [-0.1, -0.05) is 55.2 Å². The molecule has 3 heteroatoms. The van der Waals surface area contributed by atoms with Crippen molar-refractivity contribution in [2.75, 3.05) is 5.32 Å². The molecule has 0 saturated heterocycles. The van der Waals surface area contributed by atoms with Crippen LogP contribution in [0.2, 0.25) is 0 Å². The molecule has 3 nitrogen and oxygen atoms in total. The molecule has 128 valence electrons. The standard InChI is InChI=1S/C22H25N3/c1-6-7-8-9-18(4)24-20-13-11-19(12-14-20)21-16-23-22(25(21)5)15-10-17(2)3/h6-16,24H,2,4H2,1,3,5H3/b7-6-,9-8-,15-10-. The Morgan fingerprint density at radius 1 is 1.12 bits per heavy atom. The molecule has 1 N–H and O–H groups in total. The summed E-state index contributed by atoms with van der Waals surface area (Å²) in [6, 6.07) is 8.24. The van der Waals surface area contributed by atoms with Crippen LogP contribution in [0.25, 0.3) is 17.3 Å². The van der Waals surface area contributed by atoms with Crippen LogP contribution in [0, 0.1) is 0 Å². The number of hydrogen-bond donors (Lipinski definition) is 1. The van der Waals surface area contributed by atoms with Gasteiger partial charge in [0.2, 0.25) is 0 Å². The first kappa shape index (κ1) is 18.3. The average Bonchev–Trinajstić information content (AvgIpc) is 2.95. The summed E-state index contributed by atoms with van der Waals surface area (Å²) in [5, 5.41) is 3.27. The summed E-state index contributed by atoms with van der Waals surface area (Å²) >= 11 is 0. The van der Waals surface area contributed by atoms with E-state index in [1.807, 2.05) is 75.7 Å². The minimum atomic E-state index is 0.846. The van der Waals surface area contributed by atoms with Crippen LogP contribution in [-0.4, -0.2) is 9.55 Å². The molecule has 2 rings (SSSR count). The van der Waals surface area contributed by atoms with E-state index >= 15 is 0 Å². The van der Waals surface area contributed by atoms with E-state index in [0.29, 0.717) is 0 Å². The van der Waals surface area contributed by atoms with Gasteiger partial charge >= 0.3 is 0 Å². The van der Waals surface area contributed by atoms with Crippen LogP contribution >= 0.6 is 0 Å². The molecule has 1 aromatic carbocycles. The number of allylic oxidation sites excluding steroid dienone is 6. The van der Waals surface area contributed by atoms with Crippen LogP contribution in [0.15, 0.2) is 85.3 Å². The van der Waals surface area contributed by atoms with E-state index in [2.05, 4.69) is 40.2 Å². The second kappa shape index (κ2) is 8.69. The van der Waals surface area contributed by atoms with Gasteiger partial charge in [0, 0.05) is 18.4 Å². The first-order valence-electron chi connectivity index (χ1n) is 8.22. The van der Waals surface area contributed by atoms with Crippen LogP contribution in [0.3, 0.4) is 0 Å². The first-order valence-corrected chi connectivity index (χ1v) is 8.22. The zero-order chi connectivity index (χ0) is 18.2. The van der Waals surface area contributed by atoms with Crippen molar-refractivity contribution in [3.8, 4) is 11.3 Å². The number of anilines is 1. The van der Waals surface area contributed by atoms with Gasteiger partial charge < -0.3 is 9.88 Å². The summed E-state index contributed by atoms with van der Waals surface area (Å²) in [7, 11) is 2.01. The summed E-state index contributed by atoms with van der Waals surface area (Å²) in [5.74, 6) is 0.905. The lowest BCUT2D eigenvalue weighted by molar-refractivity contribution is 0.905. The Kier molecular flexibility index (Phi) is 6.35. The van der Waals surface area contributed by atoms with Crippen LogP contribution in [0.1, 0.15) is 19.7 Å². The fourth-order valence-electron chi connectivity index (χ4n) is 2.30. The van der Waals surface area contributed by atoms with E-state index in [-0.39, 0.29) is 0 Å². The van der Waals surface area contributed by atoms with Crippen molar-refractivity contribution in [2.24, 2.45) is 7.05 Å². The molecule has 25 heavy (non-hydrogen) atoms. The van der Waals surface area contributed by atoms with Crippen molar-refractivity contribution in [3.05, 3.63) is 91.1 Å². The van der Waals surface area contributed by atoms with Crippen molar-refractivity contribution in [1.82, 2.24) is 9.55 Å². The molecule has 0 fully saturated rings. The summed E-state index contributed by atoms with van der Waals surface area (Å²) in [6.07, 6.45) is 13.7. The molecule has 0 aliphatic rings. The third kappa shape index (κ3) is 5.21. The lowest BCUT2D eigenvalue weighted by Crippen LogP contribution is -1.96. The van der Waals surface area contributed by atoms with Crippen molar-refractivity contribution in [3.63, 3.8) is 0 Å². The first-order chi connectivity index (χ1) is 12.0. The van der Waals surface area contributed by atoms with Crippen molar-refractivity contribution in [2.45, 2.75) is 13.8 Å². The van der Waals surface area contributed by atoms with Gasteiger partial charge in [0.05, 0.1) is 11.9 Å². The maximum Gasteiger partial charge on any atom is 0.132 e. The van der Waals surface area contributed by atoms with Gasteiger partial charge in [-0.3, -0.25) is 0 Å². The number of aromatic nitrogens is 2. The average molecular weight is 331 g/mol. The zero-order valence-corrected chi connectivity index (χ0v) is 15.2. The van der Waals surface area contributed by atoms with E-state index in [9.17, 15) is 0 Å². The van der Waals surface area contributed by atoms with E-state index in [1.54, 1.807) is 0 Å². The highest BCUT2D eigenvalue weighted by Crippen LogP contribution is 2.23. The Balaban J connectivity index is 2.12. The highest BCUT2D eigenvalue weighted by Gasteiger charge is 2.06.